The summed E-state index contributed by atoms with van der Waals surface area (Å²) < 4.78 is 1.80. The van der Waals surface area contributed by atoms with Gasteiger partial charge in [0, 0.05) is 42.0 Å². The van der Waals surface area contributed by atoms with Crippen LogP contribution < -0.4 is 5.32 Å². The van der Waals surface area contributed by atoms with Gasteiger partial charge in [-0.3, -0.25) is 14.8 Å². The van der Waals surface area contributed by atoms with Gasteiger partial charge in [0.15, 0.2) is 0 Å². The number of para-hydroxylation sites is 1. The standard InChI is InChI=1S/C24H21N5O/c1-18-7-5-14-26-22(18)16-27-23(30)12-11-20-17-29(21-9-3-2-4-10-21)28-24(20)19-8-6-13-25-15-19/h2-15,17H,16H2,1H3,(H,27,30)/b12-11+. The predicted molar refractivity (Wildman–Crippen MR) is 117 cm³/mol. The van der Waals surface area contributed by atoms with E-state index in [1.165, 1.54) is 6.08 Å². The van der Waals surface area contributed by atoms with Gasteiger partial charge in [-0.2, -0.15) is 5.10 Å². The highest BCUT2D eigenvalue weighted by Crippen LogP contribution is 2.24. The van der Waals surface area contributed by atoms with Crippen molar-refractivity contribution in [3.05, 3.63) is 102 Å². The van der Waals surface area contributed by atoms with Gasteiger partial charge in [0.1, 0.15) is 5.69 Å². The summed E-state index contributed by atoms with van der Waals surface area (Å²) >= 11 is 0. The molecule has 0 aliphatic carbocycles. The summed E-state index contributed by atoms with van der Waals surface area (Å²) in [6, 6.07) is 17.5. The highest BCUT2D eigenvalue weighted by molar-refractivity contribution is 5.92. The lowest BCUT2D eigenvalue weighted by atomic mass is 10.1. The molecule has 0 saturated heterocycles. The minimum Gasteiger partial charge on any atom is -0.347 e. The number of aryl methyl sites for hydroxylation is 1. The first-order valence-electron chi connectivity index (χ1n) is 9.62. The normalized spacial score (nSPS) is 11.0. The van der Waals surface area contributed by atoms with E-state index >= 15 is 0 Å². The molecule has 1 amide bonds. The third-order valence-electron chi connectivity index (χ3n) is 4.66. The van der Waals surface area contributed by atoms with Gasteiger partial charge < -0.3 is 5.32 Å². The summed E-state index contributed by atoms with van der Waals surface area (Å²) in [7, 11) is 0. The van der Waals surface area contributed by atoms with Gasteiger partial charge in [0.2, 0.25) is 5.91 Å². The molecule has 6 nitrogen and oxygen atoms in total. The minimum absolute atomic E-state index is 0.190. The van der Waals surface area contributed by atoms with Crippen molar-refractivity contribution in [3.63, 3.8) is 0 Å². The molecule has 0 aliphatic heterocycles. The Balaban J connectivity index is 1.57. The van der Waals surface area contributed by atoms with Crippen LogP contribution in [0.2, 0.25) is 0 Å². The molecule has 1 aromatic carbocycles. The van der Waals surface area contributed by atoms with Crippen molar-refractivity contribution < 1.29 is 4.79 Å². The van der Waals surface area contributed by atoms with Crippen molar-refractivity contribution in [3.8, 4) is 16.9 Å². The van der Waals surface area contributed by atoms with E-state index in [0.717, 1.165) is 33.8 Å². The molecule has 0 bridgehead atoms. The first-order valence-corrected chi connectivity index (χ1v) is 9.62. The molecule has 0 radical (unpaired) electrons. The fraction of sp³-hybridized carbons (Fsp3) is 0.0833. The van der Waals surface area contributed by atoms with E-state index in [0.29, 0.717) is 6.54 Å². The topological polar surface area (TPSA) is 72.7 Å². The smallest absolute Gasteiger partial charge is 0.244 e. The summed E-state index contributed by atoms with van der Waals surface area (Å²) in [4.78, 5) is 20.9. The fourth-order valence-corrected chi connectivity index (χ4v) is 3.05. The van der Waals surface area contributed by atoms with E-state index in [2.05, 4.69) is 15.3 Å². The molecule has 148 valence electrons. The zero-order chi connectivity index (χ0) is 20.8. The predicted octanol–water partition coefficient (Wildman–Crippen LogP) is 3.97. The van der Waals surface area contributed by atoms with Crippen molar-refractivity contribution in [2.24, 2.45) is 0 Å². The van der Waals surface area contributed by atoms with Gasteiger partial charge in [0.05, 0.1) is 17.9 Å². The maximum Gasteiger partial charge on any atom is 0.244 e. The average Bonchev–Trinajstić information content (AvgIpc) is 3.23. The third-order valence-corrected chi connectivity index (χ3v) is 4.66. The number of aromatic nitrogens is 4. The Labute approximate surface area is 174 Å². The Bertz CT molecular complexity index is 1170. The van der Waals surface area contributed by atoms with Gasteiger partial charge in [-0.05, 0) is 48.9 Å². The van der Waals surface area contributed by atoms with E-state index in [4.69, 9.17) is 5.10 Å². The Hall–Kier alpha value is -4.06. The van der Waals surface area contributed by atoms with Crippen molar-refractivity contribution in [1.82, 2.24) is 25.1 Å². The van der Waals surface area contributed by atoms with Crippen molar-refractivity contribution in [2.45, 2.75) is 13.5 Å². The average molecular weight is 395 g/mol. The fourth-order valence-electron chi connectivity index (χ4n) is 3.05. The van der Waals surface area contributed by atoms with Crippen LogP contribution in [0.15, 0.2) is 85.5 Å². The Morgan fingerprint density at radius 1 is 1.07 bits per heavy atom. The van der Waals surface area contributed by atoms with E-state index < -0.39 is 0 Å². The van der Waals surface area contributed by atoms with Crippen LogP contribution >= 0.6 is 0 Å². The van der Waals surface area contributed by atoms with Crippen LogP contribution in [0.5, 0.6) is 0 Å². The number of nitrogens with zero attached hydrogens (tertiary/aromatic N) is 4. The van der Waals surface area contributed by atoms with Gasteiger partial charge in [0.25, 0.3) is 0 Å². The van der Waals surface area contributed by atoms with E-state index in [1.54, 1.807) is 29.3 Å². The molecule has 4 rings (SSSR count). The molecule has 1 N–H and O–H groups in total. The van der Waals surface area contributed by atoms with Crippen LogP contribution in [0.25, 0.3) is 23.0 Å². The maximum atomic E-state index is 12.4. The van der Waals surface area contributed by atoms with Gasteiger partial charge in [-0.25, -0.2) is 4.68 Å². The monoisotopic (exact) mass is 395 g/mol. The third kappa shape index (κ3) is 4.50. The first-order chi connectivity index (χ1) is 14.7. The summed E-state index contributed by atoms with van der Waals surface area (Å²) in [6.45, 7) is 2.36. The van der Waals surface area contributed by atoms with Crippen LogP contribution in [0, 0.1) is 6.92 Å². The number of pyridine rings is 2. The second-order valence-electron chi connectivity index (χ2n) is 6.77. The van der Waals surface area contributed by atoms with Crippen molar-refractivity contribution >= 4 is 12.0 Å². The van der Waals surface area contributed by atoms with Crippen LogP contribution in [0.1, 0.15) is 16.8 Å². The summed E-state index contributed by atoms with van der Waals surface area (Å²) in [5, 5.41) is 7.60. The number of amides is 1. The molecule has 3 aromatic heterocycles. The Kier molecular flexibility index (Phi) is 5.75. The quantitative estimate of drug-likeness (QED) is 0.502. The number of carbonyl (C=O) groups excluding carboxylic acids is 1. The van der Waals surface area contributed by atoms with Gasteiger partial charge in [-0.1, -0.05) is 24.3 Å². The lowest BCUT2D eigenvalue weighted by Crippen LogP contribution is -2.21. The highest BCUT2D eigenvalue weighted by atomic mass is 16.1. The van der Waals surface area contributed by atoms with Crippen LogP contribution in [-0.4, -0.2) is 25.7 Å². The molecule has 3 heterocycles. The summed E-state index contributed by atoms with van der Waals surface area (Å²) in [6.07, 6.45) is 10.4. The minimum atomic E-state index is -0.190. The molecule has 0 atom stereocenters. The number of benzene rings is 1. The second-order valence-corrected chi connectivity index (χ2v) is 6.77. The Morgan fingerprint density at radius 3 is 2.67 bits per heavy atom. The molecule has 6 heteroatoms. The largest absolute Gasteiger partial charge is 0.347 e. The molecule has 0 aliphatic rings. The zero-order valence-electron chi connectivity index (χ0n) is 16.6. The molecule has 0 fully saturated rings. The molecule has 30 heavy (non-hydrogen) atoms. The maximum absolute atomic E-state index is 12.4. The molecule has 0 saturated carbocycles. The van der Waals surface area contributed by atoms with E-state index in [-0.39, 0.29) is 5.91 Å². The van der Waals surface area contributed by atoms with Gasteiger partial charge in [-0.15, -0.1) is 0 Å². The van der Waals surface area contributed by atoms with Crippen LogP contribution in [0.3, 0.4) is 0 Å². The first kappa shape index (κ1) is 19.3. The Morgan fingerprint density at radius 2 is 1.90 bits per heavy atom. The lowest BCUT2D eigenvalue weighted by molar-refractivity contribution is -0.116. The van der Waals surface area contributed by atoms with E-state index in [1.807, 2.05) is 67.7 Å². The number of carbonyl (C=O) groups is 1. The number of hydrogen-bond acceptors (Lipinski definition) is 4. The summed E-state index contributed by atoms with van der Waals surface area (Å²) in [5.41, 5.74) is 5.32. The highest BCUT2D eigenvalue weighted by Gasteiger charge is 2.11. The molecule has 0 unspecified atom stereocenters. The molecular formula is C24H21N5O. The number of hydrogen-bond donors (Lipinski definition) is 1. The SMILES string of the molecule is Cc1cccnc1CNC(=O)/C=C/c1cn(-c2ccccc2)nc1-c1cccnc1. The summed E-state index contributed by atoms with van der Waals surface area (Å²) in [5.74, 6) is -0.190. The van der Waals surface area contributed by atoms with Crippen molar-refractivity contribution in [2.75, 3.05) is 0 Å². The zero-order valence-corrected chi connectivity index (χ0v) is 16.6. The van der Waals surface area contributed by atoms with E-state index in [9.17, 15) is 4.79 Å². The molecular weight excluding hydrogens is 374 g/mol. The molecule has 4 aromatic rings. The van der Waals surface area contributed by atoms with Crippen LogP contribution in [0.4, 0.5) is 0 Å². The van der Waals surface area contributed by atoms with Crippen molar-refractivity contribution in [1.29, 1.82) is 0 Å². The van der Waals surface area contributed by atoms with Gasteiger partial charge >= 0.3 is 0 Å². The molecule has 0 spiro atoms. The second kappa shape index (κ2) is 8.96. The lowest BCUT2D eigenvalue weighted by Gasteiger charge is -2.04. The van der Waals surface area contributed by atoms with Crippen LogP contribution in [-0.2, 0) is 11.3 Å². The number of rotatable bonds is 6. The number of nitrogens with one attached hydrogen (secondary N) is 1.